The number of primary amides is 1. The molecule has 24 nitrogen and oxygen atoms in total. The number of carbonyl (C=O) groups excluding carboxylic acids is 6. The van der Waals surface area contributed by atoms with E-state index in [1.807, 2.05) is 60.7 Å². The molecule has 6 aromatic rings. The van der Waals surface area contributed by atoms with E-state index in [-0.39, 0.29) is 34.2 Å². The average Bonchev–Trinajstić information content (AvgIpc) is 3.64. The van der Waals surface area contributed by atoms with Gasteiger partial charge in [0.05, 0.1) is 45.9 Å². The van der Waals surface area contributed by atoms with Crippen molar-refractivity contribution in [3.05, 3.63) is 135 Å². The van der Waals surface area contributed by atoms with Crippen molar-refractivity contribution in [2.45, 2.75) is 180 Å². The minimum Gasteiger partial charge on any atom is -0.449 e. The van der Waals surface area contributed by atoms with Crippen LogP contribution < -0.4 is 55.8 Å². The summed E-state index contributed by atoms with van der Waals surface area (Å²) in [5.74, 6) is 0.123. The summed E-state index contributed by atoms with van der Waals surface area (Å²) in [6.45, 7) is 25.2. The molecule has 0 bridgehead atoms. The first-order valence-electron chi connectivity index (χ1n) is 28.6. The van der Waals surface area contributed by atoms with E-state index in [0.29, 0.717) is 58.8 Å². The number of hydrogen-bond acceptors (Lipinski definition) is 15. The second-order valence-electron chi connectivity index (χ2n) is 16.5. The standard InChI is InChI=1S/C11H21NO3.C10H20N2O3.3C8H6N2O2.2C4H8O.3C2H6.CH5N/c1-3-4-5-6-7-8-9-15-11(14)12-10(2)13;1-2-3-4-5-6-7-8-15-10(14)12-9(11)13;3*11-7-5-3-1-2-4-6(5)9-8(12)10-7;2*1-3-4(2)5;4*1-2/h3-9H2,1-2H3,(H,12,13,14);2-8H2,1H3,(H3,11,12,13,14);3*1-4H,(H2,9,10,11,12);2*3H2,1-2H3;3*1-2H3;2H2,1H3. The summed E-state index contributed by atoms with van der Waals surface area (Å²) < 4.78 is 9.50. The Morgan fingerprint density at radius 1 is 0.405 bits per heavy atom. The number of nitrogens with one attached hydrogen (secondary N) is 8. The Morgan fingerprint density at radius 2 is 0.655 bits per heavy atom. The number of Topliss-reactive ketones (excluding diaryl/α,β-unsaturated/α-hetero) is 2. The first-order valence-corrected chi connectivity index (χ1v) is 28.6. The number of urea groups is 1. The van der Waals surface area contributed by atoms with Crippen molar-refractivity contribution in [2.75, 3.05) is 20.3 Å². The highest BCUT2D eigenvalue weighted by Crippen LogP contribution is 2.07. The zero-order valence-electron chi connectivity index (χ0n) is 52.1. The van der Waals surface area contributed by atoms with Crippen molar-refractivity contribution in [1.29, 1.82) is 0 Å². The molecular weight excluding hydrogens is 1080 g/mol. The van der Waals surface area contributed by atoms with Gasteiger partial charge in [0.25, 0.3) is 16.7 Å². The number of H-pyrrole nitrogens is 6. The largest absolute Gasteiger partial charge is 0.449 e. The first-order chi connectivity index (χ1) is 40.2. The molecule has 24 heteroatoms. The summed E-state index contributed by atoms with van der Waals surface area (Å²) in [5, 5.41) is 5.38. The minimum atomic E-state index is -0.886. The number of benzene rings is 3. The lowest BCUT2D eigenvalue weighted by Gasteiger charge is -2.04. The minimum absolute atomic E-state index is 0.255. The summed E-state index contributed by atoms with van der Waals surface area (Å²) in [4.78, 5) is 142. The SMILES string of the molecule is CC.CC.CC.CCC(C)=O.CCC(C)=O.CCCCCCCCOC(=O)NC(C)=O.CCCCCCCCOC(=O)NC(N)=O.CN.O=c1[nH]c(=O)c2ccccc2[nH]1.O=c1[nH]c(=O)c2ccccc2[nH]1.O=c1[nH]c(=O)c2ccccc2[nH]1. The van der Waals surface area contributed by atoms with Gasteiger partial charge in [0.15, 0.2) is 0 Å². The van der Waals surface area contributed by atoms with Gasteiger partial charge in [-0.25, -0.2) is 34.1 Å². The van der Waals surface area contributed by atoms with E-state index in [2.05, 4.69) is 54.8 Å². The van der Waals surface area contributed by atoms with Gasteiger partial charge < -0.3 is 45.5 Å². The Hall–Kier alpha value is -8.54. The fraction of sp³-hybridized carbons (Fsp3) is 0.500. The number of imide groups is 2. The maximum atomic E-state index is 11.1. The van der Waals surface area contributed by atoms with E-state index in [0.717, 1.165) is 32.1 Å². The van der Waals surface area contributed by atoms with Crippen LogP contribution >= 0.6 is 0 Å². The van der Waals surface area contributed by atoms with E-state index in [1.54, 1.807) is 86.6 Å². The predicted molar refractivity (Wildman–Crippen MR) is 338 cm³/mol. The molecule has 0 unspecified atom stereocenters. The van der Waals surface area contributed by atoms with Gasteiger partial charge in [-0.3, -0.25) is 39.4 Å². The zero-order valence-corrected chi connectivity index (χ0v) is 52.1. The summed E-state index contributed by atoms with van der Waals surface area (Å²) in [5.41, 5.74) is 8.43. The number of rotatable bonds is 16. The number of ether oxygens (including phenoxy) is 2. The highest BCUT2D eigenvalue weighted by atomic mass is 16.6. The van der Waals surface area contributed by atoms with Gasteiger partial charge in [0.2, 0.25) is 5.91 Å². The second kappa shape index (κ2) is 57.7. The molecule has 3 heterocycles. The Balaban J connectivity index is -0.000000289. The Labute approximate surface area is 492 Å². The van der Waals surface area contributed by atoms with E-state index < -0.39 is 35.3 Å². The first kappa shape index (κ1) is 84.3. The Kier molecular flexibility index (Phi) is 57.9. The molecule has 0 radical (unpaired) electrons. The van der Waals surface area contributed by atoms with E-state index in [9.17, 15) is 57.5 Å². The maximum absolute atomic E-state index is 11.1. The molecule has 0 fully saturated rings. The molecule has 0 aliphatic heterocycles. The van der Waals surface area contributed by atoms with Gasteiger partial charge in [-0.1, -0.05) is 170 Å². The molecule has 0 saturated carbocycles. The summed E-state index contributed by atoms with van der Waals surface area (Å²) in [6, 6.07) is 19.7. The highest BCUT2D eigenvalue weighted by Gasteiger charge is 2.05. The van der Waals surface area contributed by atoms with Gasteiger partial charge in [-0.2, -0.15) is 0 Å². The third-order valence-corrected chi connectivity index (χ3v) is 9.90. The fourth-order valence-electron chi connectivity index (χ4n) is 5.75. The van der Waals surface area contributed by atoms with Gasteiger partial charge >= 0.3 is 35.3 Å². The topological polar surface area (TPSA) is 394 Å². The molecule has 5 amide bonds. The number of amides is 5. The lowest BCUT2D eigenvalue weighted by molar-refractivity contribution is -0.118. The quantitative estimate of drug-likeness (QED) is 0.0403. The number of aromatic amines is 6. The number of hydrogen-bond donors (Lipinski definition) is 10. The maximum Gasteiger partial charge on any atom is 0.415 e. The molecule has 0 saturated heterocycles. The number of unbranched alkanes of at least 4 members (excludes halogenated alkanes) is 10. The molecule has 472 valence electrons. The number of nitrogens with two attached hydrogens (primary N) is 2. The summed E-state index contributed by atoms with van der Waals surface area (Å²) in [7, 11) is 1.50. The molecular formula is C60H98N10O14. The van der Waals surface area contributed by atoms with Crippen LogP contribution in [0.1, 0.15) is 180 Å². The van der Waals surface area contributed by atoms with Crippen LogP contribution in [-0.2, 0) is 23.9 Å². The smallest absolute Gasteiger partial charge is 0.415 e. The van der Waals surface area contributed by atoms with Crippen molar-refractivity contribution >= 4 is 68.4 Å². The normalized spacial score (nSPS) is 9.08. The van der Waals surface area contributed by atoms with Crippen LogP contribution in [0, 0.1) is 0 Å². The zero-order chi connectivity index (χ0) is 65.3. The number of alkyl carbamates (subject to hydrolysis) is 2. The molecule has 0 aliphatic carbocycles. The lowest BCUT2D eigenvalue weighted by Crippen LogP contribution is -2.35. The van der Waals surface area contributed by atoms with Gasteiger partial charge in [-0.05, 0) is 70.1 Å². The van der Waals surface area contributed by atoms with Crippen molar-refractivity contribution < 1.29 is 38.2 Å². The third kappa shape index (κ3) is 47.1. The van der Waals surface area contributed by atoms with Gasteiger partial charge in [0, 0.05) is 19.8 Å². The second-order valence-corrected chi connectivity index (χ2v) is 16.5. The molecule has 0 atom stereocenters. The van der Waals surface area contributed by atoms with Crippen LogP contribution in [-0.4, -0.2) is 85.9 Å². The van der Waals surface area contributed by atoms with Crippen LogP contribution in [0.25, 0.3) is 32.7 Å². The molecule has 0 spiro atoms. The number of ketones is 2. The molecule has 84 heavy (non-hydrogen) atoms. The summed E-state index contributed by atoms with van der Waals surface area (Å²) >= 11 is 0. The molecule has 0 aliphatic rings. The van der Waals surface area contributed by atoms with Gasteiger partial charge in [-0.15, -0.1) is 0 Å². The van der Waals surface area contributed by atoms with Crippen molar-refractivity contribution in [1.82, 2.24) is 40.5 Å². The molecule has 3 aromatic carbocycles. The average molecular weight is 1180 g/mol. The predicted octanol–water partition coefficient (Wildman–Crippen LogP) is 10.0. The summed E-state index contributed by atoms with van der Waals surface area (Å²) in [6.07, 6.45) is 13.5. The molecule has 3 aromatic heterocycles. The lowest BCUT2D eigenvalue weighted by atomic mass is 10.1. The highest BCUT2D eigenvalue weighted by molar-refractivity contribution is 5.90. The third-order valence-electron chi connectivity index (χ3n) is 9.90. The number of para-hydroxylation sites is 3. The van der Waals surface area contributed by atoms with E-state index >= 15 is 0 Å². The monoisotopic (exact) mass is 1180 g/mol. The fourth-order valence-corrected chi connectivity index (χ4v) is 5.75. The van der Waals surface area contributed by atoms with Crippen LogP contribution in [0.15, 0.2) is 102 Å². The van der Waals surface area contributed by atoms with E-state index in [4.69, 9.17) is 15.2 Å². The van der Waals surface area contributed by atoms with E-state index in [1.165, 1.54) is 58.9 Å². The Bertz CT molecular complexity index is 2780. The van der Waals surface area contributed by atoms with Crippen molar-refractivity contribution in [3.63, 3.8) is 0 Å². The number of fused-ring (bicyclic) bond motifs is 3. The molecule has 6 rings (SSSR count). The Morgan fingerprint density at radius 3 is 0.905 bits per heavy atom. The van der Waals surface area contributed by atoms with Crippen LogP contribution in [0.3, 0.4) is 0 Å². The van der Waals surface area contributed by atoms with Crippen LogP contribution in [0.5, 0.6) is 0 Å². The number of carbonyl (C=O) groups is 6. The molecule has 12 N–H and O–H groups in total. The van der Waals surface area contributed by atoms with Gasteiger partial charge in [0.1, 0.15) is 11.6 Å². The van der Waals surface area contributed by atoms with Crippen molar-refractivity contribution in [3.8, 4) is 0 Å². The van der Waals surface area contributed by atoms with Crippen LogP contribution in [0.4, 0.5) is 14.4 Å². The van der Waals surface area contributed by atoms with Crippen LogP contribution in [0.2, 0.25) is 0 Å². The number of aromatic nitrogens is 6. The van der Waals surface area contributed by atoms with Crippen molar-refractivity contribution in [2.24, 2.45) is 11.5 Å².